The molecule has 0 spiro atoms. The highest BCUT2D eigenvalue weighted by atomic mass is 35.5. The third-order valence-corrected chi connectivity index (χ3v) is 5.80. The highest BCUT2D eigenvalue weighted by molar-refractivity contribution is 7.91. The first-order valence-corrected chi connectivity index (χ1v) is 7.77. The molecule has 0 bridgehead atoms. The van der Waals surface area contributed by atoms with Gasteiger partial charge in [-0.25, -0.2) is 8.42 Å². The predicted octanol–water partition coefficient (Wildman–Crippen LogP) is 2.72. The molecule has 0 aromatic heterocycles. The molecule has 1 aromatic rings. The lowest BCUT2D eigenvalue weighted by atomic mass is 9.91. The molecule has 1 atom stereocenters. The zero-order valence-corrected chi connectivity index (χ0v) is 10.8. The summed E-state index contributed by atoms with van der Waals surface area (Å²) < 4.78 is 23.9. The molecular formula is C12H13ClO3S. The van der Waals surface area contributed by atoms with Crippen LogP contribution in [0.4, 0.5) is 0 Å². The van der Waals surface area contributed by atoms with E-state index >= 15 is 0 Å². The summed E-state index contributed by atoms with van der Waals surface area (Å²) in [6.07, 6.45) is 3.02. The zero-order valence-electron chi connectivity index (χ0n) is 9.19. The molecule has 3 rings (SSSR count). The third-order valence-electron chi connectivity index (χ3n) is 3.70. The van der Waals surface area contributed by atoms with Gasteiger partial charge in [0.2, 0.25) is 0 Å². The zero-order chi connectivity index (χ0) is 12.2. The maximum atomic E-state index is 12.0. The van der Waals surface area contributed by atoms with E-state index in [2.05, 4.69) is 0 Å². The average molecular weight is 273 g/mol. The van der Waals surface area contributed by atoms with Gasteiger partial charge in [0.15, 0.2) is 9.84 Å². The number of phenols is 1. The van der Waals surface area contributed by atoms with Gasteiger partial charge in [0.25, 0.3) is 0 Å². The quantitative estimate of drug-likeness (QED) is 0.855. The third kappa shape index (κ3) is 1.83. The van der Waals surface area contributed by atoms with Gasteiger partial charge in [-0.3, -0.25) is 0 Å². The second-order valence-corrected chi connectivity index (χ2v) is 7.38. The van der Waals surface area contributed by atoms with Crippen molar-refractivity contribution in [1.82, 2.24) is 0 Å². The van der Waals surface area contributed by atoms with E-state index in [1.165, 1.54) is 18.9 Å². The van der Waals surface area contributed by atoms with Crippen molar-refractivity contribution < 1.29 is 13.5 Å². The van der Waals surface area contributed by atoms with Gasteiger partial charge in [-0.05, 0) is 42.7 Å². The first-order valence-electron chi connectivity index (χ1n) is 5.74. The number of hydrogen-bond acceptors (Lipinski definition) is 3. The minimum atomic E-state index is -3.24. The van der Waals surface area contributed by atoms with Crippen LogP contribution in [0.2, 0.25) is 5.02 Å². The number of rotatable bonds is 1. The van der Waals surface area contributed by atoms with Crippen molar-refractivity contribution in [3.05, 3.63) is 22.7 Å². The van der Waals surface area contributed by atoms with Gasteiger partial charge in [0, 0.05) is 6.07 Å². The fourth-order valence-corrected chi connectivity index (χ4v) is 4.47. The van der Waals surface area contributed by atoms with Crippen LogP contribution < -0.4 is 0 Å². The molecule has 1 heterocycles. The van der Waals surface area contributed by atoms with Crippen LogP contribution in [0.25, 0.3) is 0 Å². The van der Waals surface area contributed by atoms with Crippen LogP contribution >= 0.6 is 11.6 Å². The number of hydrogen-bond donors (Lipinski definition) is 1. The number of halogens is 1. The van der Waals surface area contributed by atoms with Crippen LogP contribution in [0.5, 0.6) is 5.75 Å². The van der Waals surface area contributed by atoms with Gasteiger partial charge < -0.3 is 5.11 Å². The van der Waals surface area contributed by atoms with Crippen LogP contribution in [0, 0.1) is 5.92 Å². The lowest BCUT2D eigenvalue weighted by Gasteiger charge is -2.25. The Morgan fingerprint density at radius 2 is 1.94 bits per heavy atom. The van der Waals surface area contributed by atoms with Gasteiger partial charge in [-0.15, -0.1) is 0 Å². The Bertz CT molecular complexity index is 576. The Kier molecular flexibility index (Phi) is 2.42. The maximum Gasteiger partial charge on any atom is 0.178 e. The van der Waals surface area contributed by atoms with Crippen molar-refractivity contribution in [2.75, 3.05) is 5.75 Å². The van der Waals surface area contributed by atoms with Gasteiger partial charge in [0.05, 0.1) is 15.7 Å². The van der Waals surface area contributed by atoms with Crippen LogP contribution in [-0.2, 0) is 9.84 Å². The first-order chi connectivity index (χ1) is 7.99. The Labute approximate surface area is 105 Å². The van der Waals surface area contributed by atoms with Crippen LogP contribution in [0.1, 0.15) is 30.7 Å². The van der Waals surface area contributed by atoms with Crippen molar-refractivity contribution in [2.45, 2.75) is 30.1 Å². The van der Waals surface area contributed by atoms with Crippen molar-refractivity contribution in [2.24, 2.45) is 5.92 Å². The molecule has 2 aliphatic rings. The molecule has 1 fully saturated rings. The normalized spacial score (nSPS) is 26.5. The van der Waals surface area contributed by atoms with Crippen molar-refractivity contribution >= 4 is 21.4 Å². The molecular weight excluding hydrogens is 260 g/mol. The summed E-state index contributed by atoms with van der Waals surface area (Å²) >= 11 is 5.88. The summed E-state index contributed by atoms with van der Waals surface area (Å²) in [7, 11) is -3.24. The van der Waals surface area contributed by atoms with Gasteiger partial charge in [0.1, 0.15) is 5.75 Å². The average Bonchev–Trinajstić information content (AvgIpc) is 3.05. The van der Waals surface area contributed by atoms with E-state index in [0.717, 1.165) is 5.56 Å². The molecule has 0 saturated heterocycles. The summed E-state index contributed by atoms with van der Waals surface area (Å²) in [6.45, 7) is 0. The molecule has 17 heavy (non-hydrogen) atoms. The highest BCUT2D eigenvalue weighted by Gasteiger charge is 2.39. The lowest BCUT2D eigenvalue weighted by molar-refractivity contribution is 0.469. The molecule has 1 unspecified atom stereocenters. The molecule has 5 heteroatoms. The largest absolute Gasteiger partial charge is 0.506 e. The Morgan fingerprint density at radius 1 is 1.24 bits per heavy atom. The monoisotopic (exact) mass is 272 g/mol. The Hall–Kier alpha value is -0.740. The van der Waals surface area contributed by atoms with Crippen LogP contribution in [-0.4, -0.2) is 19.3 Å². The minimum absolute atomic E-state index is 0.148. The maximum absolute atomic E-state index is 12.0. The van der Waals surface area contributed by atoms with E-state index in [9.17, 15) is 13.5 Å². The van der Waals surface area contributed by atoms with E-state index < -0.39 is 9.84 Å². The Balaban J connectivity index is 2.20. The standard InChI is InChI=1S/C12H13ClO3S/c13-10-5-9-8(7-1-2-7)3-4-17(15,16)12(9)6-11(10)14/h5-8,14H,1-4H2. The van der Waals surface area contributed by atoms with Crippen molar-refractivity contribution in [3.63, 3.8) is 0 Å². The van der Waals surface area contributed by atoms with Crippen molar-refractivity contribution in [3.8, 4) is 5.75 Å². The highest BCUT2D eigenvalue weighted by Crippen LogP contribution is 2.50. The second kappa shape index (κ2) is 3.62. The fourth-order valence-electron chi connectivity index (χ4n) is 2.65. The molecule has 1 aliphatic carbocycles. The lowest BCUT2D eigenvalue weighted by Crippen LogP contribution is -2.21. The second-order valence-electron chi connectivity index (χ2n) is 4.89. The number of sulfone groups is 1. The topological polar surface area (TPSA) is 54.4 Å². The minimum Gasteiger partial charge on any atom is -0.506 e. The Morgan fingerprint density at radius 3 is 2.59 bits per heavy atom. The van der Waals surface area contributed by atoms with Gasteiger partial charge >= 0.3 is 0 Å². The summed E-state index contributed by atoms with van der Waals surface area (Å²) in [4.78, 5) is 0.280. The molecule has 1 aliphatic heterocycles. The molecule has 1 aromatic carbocycles. The van der Waals surface area contributed by atoms with E-state index in [1.54, 1.807) is 6.07 Å². The number of phenolic OH excluding ortho intramolecular Hbond substituents is 1. The molecule has 1 N–H and O–H groups in total. The summed E-state index contributed by atoms with van der Waals surface area (Å²) in [6, 6.07) is 2.94. The van der Waals surface area contributed by atoms with E-state index in [1.807, 2.05) is 0 Å². The SMILES string of the molecule is O=S1(=O)CCC(C2CC2)c2cc(Cl)c(O)cc21. The van der Waals surface area contributed by atoms with Crippen molar-refractivity contribution in [1.29, 1.82) is 0 Å². The van der Waals surface area contributed by atoms with E-state index in [0.29, 0.717) is 18.3 Å². The van der Waals surface area contributed by atoms with E-state index in [4.69, 9.17) is 11.6 Å². The molecule has 1 saturated carbocycles. The first kappa shape index (κ1) is 11.4. The predicted molar refractivity (Wildman–Crippen MR) is 65.3 cm³/mol. The van der Waals surface area contributed by atoms with Crippen LogP contribution in [0.15, 0.2) is 17.0 Å². The summed E-state index contributed by atoms with van der Waals surface area (Å²) in [5.74, 6) is 0.935. The van der Waals surface area contributed by atoms with E-state index in [-0.39, 0.29) is 21.4 Å². The molecule has 0 amide bonds. The van der Waals surface area contributed by atoms with Gasteiger partial charge in [-0.1, -0.05) is 11.6 Å². The fraction of sp³-hybridized carbons (Fsp3) is 0.500. The summed E-state index contributed by atoms with van der Waals surface area (Å²) in [5.41, 5.74) is 0.807. The number of benzene rings is 1. The smallest absolute Gasteiger partial charge is 0.178 e. The number of aromatic hydroxyl groups is 1. The summed E-state index contributed by atoms with van der Waals surface area (Å²) in [5, 5.41) is 9.79. The molecule has 3 nitrogen and oxygen atoms in total. The molecule has 92 valence electrons. The molecule has 0 radical (unpaired) electrons. The van der Waals surface area contributed by atoms with Gasteiger partial charge in [-0.2, -0.15) is 0 Å². The van der Waals surface area contributed by atoms with Crippen LogP contribution in [0.3, 0.4) is 0 Å². The number of fused-ring (bicyclic) bond motifs is 1.